The largest absolute Gasteiger partial charge is 0.389 e. The first-order valence-electron chi connectivity index (χ1n) is 4.33. The predicted octanol–water partition coefficient (Wildman–Crippen LogP) is -0.895. The summed E-state index contributed by atoms with van der Waals surface area (Å²) in [5.74, 6) is 0. The minimum Gasteiger partial charge on any atom is -0.389 e. The highest BCUT2D eigenvalue weighted by Crippen LogP contribution is 2.10. The molecule has 0 aromatic heterocycles. The zero-order valence-corrected chi connectivity index (χ0v) is 7.53. The Kier molecular flexibility index (Phi) is 3.46. The number of piperidine rings is 1. The van der Waals surface area contributed by atoms with Gasteiger partial charge in [0.05, 0.1) is 18.3 Å². The summed E-state index contributed by atoms with van der Waals surface area (Å²) in [5, 5.41) is 21.7. The van der Waals surface area contributed by atoms with Crippen LogP contribution >= 0.6 is 0 Å². The third-order valence-electron chi connectivity index (χ3n) is 1.92. The lowest BCUT2D eigenvalue weighted by molar-refractivity contribution is -0.120. The van der Waals surface area contributed by atoms with Crippen LogP contribution in [0.5, 0.6) is 0 Å². The number of nitrogens with one attached hydrogen (secondary N) is 1. The molecule has 1 fully saturated rings. The van der Waals surface area contributed by atoms with Gasteiger partial charge in [-0.25, -0.2) is 0 Å². The molecular weight excluding hydrogens is 158 g/mol. The Balaban J connectivity index is 2.41. The SMILES string of the molecule is CC(C)OC1CNCC(O)C1O. The number of ether oxygens (including phenoxy) is 1. The number of rotatable bonds is 2. The van der Waals surface area contributed by atoms with Gasteiger partial charge in [0.2, 0.25) is 0 Å². The average molecular weight is 175 g/mol. The van der Waals surface area contributed by atoms with E-state index in [9.17, 15) is 10.2 Å². The molecule has 0 aliphatic carbocycles. The second-order valence-corrected chi connectivity index (χ2v) is 3.44. The van der Waals surface area contributed by atoms with E-state index in [0.29, 0.717) is 13.1 Å². The molecule has 0 saturated carbocycles. The van der Waals surface area contributed by atoms with Crippen LogP contribution in [-0.2, 0) is 4.74 Å². The summed E-state index contributed by atoms with van der Waals surface area (Å²) in [6.45, 7) is 4.87. The van der Waals surface area contributed by atoms with Gasteiger partial charge in [-0.2, -0.15) is 0 Å². The molecule has 4 nitrogen and oxygen atoms in total. The highest BCUT2D eigenvalue weighted by atomic mass is 16.5. The fraction of sp³-hybridized carbons (Fsp3) is 1.00. The second-order valence-electron chi connectivity index (χ2n) is 3.44. The molecule has 0 bridgehead atoms. The summed E-state index contributed by atoms with van der Waals surface area (Å²) in [7, 11) is 0. The maximum atomic E-state index is 9.47. The number of aliphatic hydroxyl groups is 2. The monoisotopic (exact) mass is 175 g/mol. The van der Waals surface area contributed by atoms with Crippen molar-refractivity contribution in [3.05, 3.63) is 0 Å². The molecule has 3 unspecified atom stereocenters. The number of aliphatic hydroxyl groups excluding tert-OH is 2. The Morgan fingerprint density at radius 3 is 2.58 bits per heavy atom. The van der Waals surface area contributed by atoms with Crippen molar-refractivity contribution < 1.29 is 14.9 Å². The van der Waals surface area contributed by atoms with Crippen LogP contribution in [0.3, 0.4) is 0 Å². The maximum absolute atomic E-state index is 9.47. The summed E-state index contributed by atoms with van der Waals surface area (Å²) >= 11 is 0. The summed E-state index contributed by atoms with van der Waals surface area (Å²) in [6, 6.07) is 0. The van der Waals surface area contributed by atoms with Crippen LogP contribution in [0, 0.1) is 0 Å². The second kappa shape index (κ2) is 4.18. The van der Waals surface area contributed by atoms with Gasteiger partial charge >= 0.3 is 0 Å². The zero-order chi connectivity index (χ0) is 9.14. The van der Waals surface area contributed by atoms with Crippen LogP contribution < -0.4 is 5.32 Å². The number of hydrogen-bond donors (Lipinski definition) is 3. The smallest absolute Gasteiger partial charge is 0.108 e. The molecule has 3 atom stereocenters. The highest BCUT2D eigenvalue weighted by molar-refractivity contribution is 4.85. The van der Waals surface area contributed by atoms with Gasteiger partial charge in [-0.1, -0.05) is 0 Å². The van der Waals surface area contributed by atoms with Gasteiger partial charge < -0.3 is 20.3 Å². The standard InChI is InChI=1S/C8H17NO3/c1-5(2)12-7-4-9-3-6(10)8(7)11/h5-11H,3-4H2,1-2H3. The van der Waals surface area contributed by atoms with Crippen molar-refractivity contribution >= 4 is 0 Å². The lowest BCUT2D eigenvalue weighted by atomic mass is 10.0. The molecule has 4 heteroatoms. The Morgan fingerprint density at radius 1 is 1.33 bits per heavy atom. The van der Waals surface area contributed by atoms with Crippen molar-refractivity contribution in [1.29, 1.82) is 0 Å². The summed E-state index contributed by atoms with van der Waals surface area (Å²) in [6.07, 6.45) is -1.67. The molecule has 3 N–H and O–H groups in total. The lowest BCUT2D eigenvalue weighted by Crippen LogP contribution is -2.55. The third-order valence-corrected chi connectivity index (χ3v) is 1.92. The van der Waals surface area contributed by atoms with Crippen molar-refractivity contribution in [2.45, 2.75) is 38.3 Å². The van der Waals surface area contributed by atoms with Crippen LogP contribution in [0.15, 0.2) is 0 Å². The minimum absolute atomic E-state index is 0.0803. The van der Waals surface area contributed by atoms with Crippen LogP contribution in [0.4, 0.5) is 0 Å². The minimum atomic E-state index is -0.756. The molecule has 1 aliphatic rings. The molecule has 12 heavy (non-hydrogen) atoms. The van der Waals surface area contributed by atoms with Gasteiger partial charge in [-0.05, 0) is 13.8 Å². The molecule has 1 saturated heterocycles. The van der Waals surface area contributed by atoms with E-state index in [1.165, 1.54) is 0 Å². The van der Waals surface area contributed by atoms with Gasteiger partial charge in [0.15, 0.2) is 0 Å². The summed E-state index contributed by atoms with van der Waals surface area (Å²) in [4.78, 5) is 0. The van der Waals surface area contributed by atoms with Crippen molar-refractivity contribution in [2.75, 3.05) is 13.1 Å². The molecular formula is C8H17NO3. The van der Waals surface area contributed by atoms with Gasteiger partial charge in [0.1, 0.15) is 6.10 Å². The van der Waals surface area contributed by atoms with Crippen LogP contribution in [0.25, 0.3) is 0 Å². The molecule has 0 spiro atoms. The van der Waals surface area contributed by atoms with E-state index in [4.69, 9.17) is 4.74 Å². The highest BCUT2D eigenvalue weighted by Gasteiger charge is 2.31. The zero-order valence-electron chi connectivity index (χ0n) is 7.53. The van der Waals surface area contributed by atoms with Crippen molar-refractivity contribution in [2.24, 2.45) is 0 Å². The first-order chi connectivity index (χ1) is 5.61. The first-order valence-corrected chi connectivity index (χ1v) is 4.33. The Morgan fingerprint density at radius 2 is 2.00 bits per heavy atom. The normalized spacial score (nSPS) is 37.2. The van der Waals surface area contributed by atoms with Gasteiger partial charge in [0, 0.05) is 13.1 Å². The van der Waals surface area contributed by atoms with E-state index in [1.54, 1.807) is 0 Å². The molecule has 0 aromatic rings. The molecule has 72 valence electrons. The average Bonchev–Trinajstić information content (AvgIpc) is 1.98. The van der Waals surface area contributed by atoms with E-state index in [0.717, 1.165) is 0 Å². The van der Waals surface area contributed by atoms with Gasteiger partial charge in [-0.15, -0.1) is 0 Å². The van der Waals surface area contributed by atoms with Crippen LogP contribution in [0.2, 0.25) is 0 Å². The Bertz CT molecular complexity index is 140. The molecule has 0 radical (unpaired) electrons. The fourth-order valence-electron chi connectivity index (χ4n) is 1.34. The molecule has 1 heterocycles. The number of β-amino-alcohol motifs (C(OH)–C–C–N with tert-alkyl or cyclic N) is 1. The number of hydrogen-bond acceptors (Lipinski definition) is 4. The van der Waals surface area contributed by atoms with E-state index in [-0.39, 0.29) is 12.2 Å². The molecule has 0 amide bonds. The molecule has 1 rings (SSSR count). The molecule has 1 aliphatic heterocycles. The fourth-order valence-corrected chi connectivity index (χ4v) is 1.34. The Hall–Kier alpha value is -0.160. The van der Waals surface area contributed by atoms with Crippen molar-refractivity contribution in [1.82, 2.24) is 5.32 Å². The maximum Gasteiger partial charge on any atom is 0.108 e. The van der Waals surface area contributed by atoms with E-state index >= 15 is 0 Å². The van der Waals surface area contributed by atoms with Crippen molar-refractivity contribution in [3.8, 4) is 0 Å². The van der Waals surface area contributed by atoms with E-state index in [2.05, 4.69) is 5.32 Å². The topological polar surface area (TPSA) is 61.7 Å². The van der Waals surface area contributed by atoms with E-state index < -0.39 is 12.2 Å². The third kappa shape index (κ3) is 2.42. The predicted molar refractivity (Wildman–Crippen MR) is 44.9 cm³/mol. The first kappa shape index (κ1) is 9.92. The molecule has 0 aromatic carbocycles. The summed E-state index contributed by atoms with van der Waals surface area (Å²) in [5.41, 5.74) is 0. The van der Waals surface area contributed by atoms with E-state index in [1.807, 2.05) is 13.8 Å². The lowest BCUT2D eigenvalue weighted by Gasteiger charge is -2.33. The van der Waals surface area contributed by atoms with Gasteiger partial charge in [0.25, 0.3) is 0 Å². The van der Waals surface area contributed by atoms with Crippen LogP contribution in [-0.4, -0.2) is 47.7 Å². The van der Waals surface area contributed by atoms with Crippen molar-refractivity contribution in [3.63, 3.8) is 0 Å². The summed E-state index contributed by atoms with van der Waals surface area (Å²) < 4.78 is 5.40. The van der Waals surface area contributed by atoms with Crippen LogP contribution in [0.1, 0.15) is 13.8 Å². The Labute approximate surface area is 72.5 Å². The quantitative estimate of drug-likeness (QED) is 0.509. The van der Waals surface area contributed by atoms with Gasteiger partial charge in [-0.3, -0.25) is 0 Å².